The van der Waals surface area contributed by atoms with Gasteiger partial charge in [0.1, 0.15) is 17.9 Å². The van der Waals surface area contributed by atoms with Gasteiger partial charge in [-0.25, -0.2) is 9.69 Å². The lowest BCUT2D eigenvalue weighted by molar-refractivity contribution is -0.122. The number of halogens is 2. The first-order valence-corrected chi connectivity index (χ1v) is 12.9. The van der Waals surface area contributed by atoms with E-state index in [1.165, 1.54) is 13.2 Å². The first-order valence-electron chi connectivity index (χ1n) is 11.7. The molecular weight excluding hydrogens is 576 g/mol. The van der Waals surface area contributed by atoms with Crippen LogP contribution in [0.15, 0.2) is 70.7 Å². The third-order valence-corrected chi connectivity index (χ3v) is 6.34. The summed E-state index contributed by atoms with van der Waals surface area (Å²) in [5.74, 6) is -0.338. The summed E-state index contributed by atoms with van der Waals surface area (Å²) in [5.41, 5.74) is 1.40. The molecule has 0 unspecified atom stereocenters. The van der Waals surface area contributed by atoms with Crippen LogP contribution in [0.1, 0.15) is 24.5 Å². The van der Waals surface area contributed by atoms with Gasteiger partial charge in [0.2, 0.25) is 0 Å². The minimum absolute atomic E-state index is 0.229. The molecular formula is C28H24BrClN2O6. The number of ether oxygens (including phenoxy) is 3. The van der Waals surface area contributed by atoms with Crippen LogP contribution in [0.3, 0.4) is 0 Å². The number of amides is 4. The van der Waals surface area contributed by atoms with E-state index in [1.807, 2.05) is 31.2 Å². The standard InChI is InChI=1S/C28H24BrClN2O6/c1-3-12-37-21-10-8-20(9-11-21)32-27(34)22(26(33)31-28(32)35)13-18-14-23(30)25(24(15-18)36-2)38-16-17-4-6-19(29)7-5-17/h4-11,13-15H,3,12,16H2,1-2H3,(H,31,33,35)/b22-13-. The van der Waals surface area contributed by atoms with Crippen molar-refractivity contribution in [2.24, 2.45) is 0 Å². The molecule has 0 saturated carbocycles. The number of hydrogen-bond acceptors (Lipinski definition) is 6. The summed E-state index contributed by atoms with van der Waals surface area (Å²) >= 11 is 9.89. The molecule has 0 bridgehead atoms. The van der Waals surface area contributed by atoms with Gasteiger partial charge in [-0.1, -0.05) is 46.6 Å². The third-order valence-electron chi connectivity index (χ3n) is 5.53. The Labute approximate surface area is 233 Å². The highest BCUT2D eigenvalue weighted by molar-refractivity contribution is 9.10. The van der Waals surface area contributed by atoms with E-state index in [1.54, 1.807) is 36.4 Å². The molecule has 4 amide bonds. The van der Waals surface area contributed by atoms with Crippen molar-refractivity contribution in [2.75, 3.05) is 18.6 Å². The first-order chi connectivity index (χ1) is 18.3. The third kappa shape index (κ3) is 6.17. The number of carbonyl (C=O) groups excluding carboxylic acids is 3. The van der Waals surface area contributed by atoms with Crippen molar-refractivity contribution < 1.29 is 28.6 Å². The van der Waals surface area contributed by atoms with E-state index >= 15 is 0 Å². The van der Waals surface area contributed by atoms with E-state index in [2.05, 4.69) is 21.2 Å². The van der Waals surface area contributed by atoms with Crippen molar-refractivity contribution in [1.29, 1.82) is 0 Å². The maximum absolute atomic E-state index is 13.3. The van der Waals surface area contributed by atoms with E-state index in [4.69, 9.17) is 25.8 Å². The smallest absolute Gasteiger partial charge is 0.335 e. The second kappa shape index (κ2) is 12.1. The second-order valence-corrected chi connectivity index (χ2v) is 9.57. The SMILES string of the molecule is CCCOc1ccc(N2C(=O)NC(=O)/C(=C/c3cc(Cl)c(OCc4ccc(Br)cc4)c(OC)c3)C2=O)cc1. The molecule has 0 radical (unpaired) electrons. The maximum Gasteiger partial charge on any atom is 0.335 e. The van der Waals surface area contributed by atoms with Crippen LogP contribution in [0, 0.1) is 0 Å². The van der Waals surface area contributed by atoms with Crippen molar-refractivity contribution in [3.8, 4) is 17.2 Å². The summed E-state index contributed by atoms with van der Waals surface area (Å²) in [7, 11) is 1.46. The zero-order chi connectivity index (χ0) is 27.2. The van der Waals surface area contributed by atoms with Gasteiger partial charge < -0.3 is 14.2 Å². The maximum atomic E-state index is 13.3. The summed E-state index contributed by atoms with van der Waals surface area (Å²) in [4.78, 5) is 39.3. The van der Waals surface area contributed by atoms with E-state index < -0.39 is 17.8 Å². The molecule has 4 rings (SSSR count). The molecule has 0 atom stereocenters. The average Bonchev–Trinajstić information content (AvgIpc) is 2.90. The molecule has 1 fully saturated rings. The van der Waals surface area contributed by atoms with E-state index in [-0.39, 0.29) is 17.2 Å². The highest BCUT2D eigenvalue weighted by atomic mass is 79.9. The van der Waals surface area contributed by atoms with Crippen LogP contribution in [0.25, 0.3) is 6.08 Å². The summed E-state index contributed by atoms with van der Waals surface area (Å²) in [6, 6.07) is 16.4. The number of methoxy groups -OCH3 is 1. The fourth-order valence-corrected chi connectivity index (χ4v) is 4.21. The van der Waals surface area contributed by atoms with Crippen LogP contribution in [-0.2, 0) is 16.2 Å². The molecule has 0 aliphatic carbocycles. The zero-order valence-corrected chi connectivity index (χ0v) is 23.0. The number of imide groups is 2. The number of carbonyl (C=O) groups is 3. The van der Waals surface area contributed by atoms with Gasteiger partial charge in [0.15, 0.2) is 11.5 Å². The number of nitrogens with one attached hydrogen (secondary N) is 1. The topological polar surface area (TPSA) is 94.2 Å². The van der Waals surface area contributed by atoms with Crippen LogP contribution in [0.4, 0.5) is 10.5 Å². The Morgan fingerprint density at radius 1 is 1.00 bits per heavy atom. The van der Waals surface area contributed by atoms with Gasteiger partial charge in [0, 0.05) is 4.47 Å². The molecule has 3 aromatic rings. The Morgan fingerprint density at radius 3 is 2.37 bits per heavy atom. The second-order valence-electron chi connectivity index (χ2n) is 8.25. The van der Waals surface area contributed by atoms with Crippen LogP contribution in [0.5, 0.6) is 17.2 Å². The van der Waals surface area contributed by atoms with Gasteiger partial charge in [-0.3, -0.25) is 14.9 Å². The predicted octanol–water partition coefficient (Wildman–Crippen LogP) is 6.15. The van der Waals surface area contributed by atoms with E-state index in [9.17, 15) is 14.4 Å². The summed E-state index contributed by atoms with van der Waals surface area (Å²) in [6.07, 6.45) is 2.20. The minimum atomic E-state index is -0.841. The Hall–Kier alpha value is -3.82. The highest BCUT2D eigenvalue weighted by Crippen LogP contribution is 2.38. The van der Waals surface area contributed by atoms with Crippen LogP contribution < -0.4 is 24.4 Å². The summed E-state index contributed by atoms with van der Waals surface area (Å²) < 4.78 is 17.9. The molecule has 1 heterocycles. The van der Waals surface area contributed by atoms with E-state index in [0.29, 0.717) is 35.1 Å². The van der Waals surface area contributed by atoms with Crippen molar-refractivity contribution in [1.82, 2.24) is 5.32 Å². The summed E-state index contributed by atoms with van der Waals surface area (Å²) in [6.45, 7) is 2.79. The summed E-state index contributed by atoms with van der Waals surface area (Å²) in [5, 5.41) is 2.44. The van der Waals surface area contributed by atoms with Gasteiger partial charge in [0.25, 0.3) is 11.8 Å². The molecule has 196 valence electrons. The molecule has 1 N–H and O–H groups in total. The molecule has 10 heteroatoms. The minimum Gasteiger partial charge on any atom is -0.494 e. The quantitative estimate of drug-likeness (QED) is 0.234. The molecule has 38 heavy (non-hydrogen) atoms. The largest absolute Gasteiger partial charge is 0.494 e. The Kier molecular flexibility index (Phi) is 8.70. The number of barbiturate groups is 1. The van der Waals surface area contributed by atoms with Gasteiger partial charge >= 0.3 is 6.03 Å². The lowest BCUT2D eigenvalue weighted by Gasteiger charge is -2.26. The van der Waals surface area contributed by atoms with E-state index in [0.717, 1.165) is 21.4 Å². The number of anilines is 1. The molecule has 1 aliphatic rings. The predicted molar refractivity (Wildman–Crippen MR) is 148 cm³/mol. The van der Waals surface area contributed by atoms with Gasteiger partial charge in [0.05, 0.1) is 24.4 Å². The molecule has 0 spiro atoms. The first kappa shape index (κ1) is 27.2. The van der Waals surface area contributed by atoms with Crippen molar-refractivity contribution in [3.05, 3.63) is 86.9 Å². The van der Waals surface area contributed by atoms with Gasteiger partial charge in [-0.2, -0.15) is 0 Å². The fraction of sp³-hybridized carbons (Fsp3) is 0.179. The molecule has 1 saturated heterocycles. The monoisotopic (exact) mass is 598 g/mol. The van der Waals surface area contributed by atoms with Crippen LogP contribution >= 0.6 is 27.5 Å². The van der Waals surface area contributed by atoms with Crippen molar-refractivity contribution in [2.45, 2.75) is 20.0 Å². The van der Waals surface area contributed by atoms with Crippen molar-refractivity contribution >= 4 is 57.1 Å². The molecule has 8 nitrogen and oxygen atoms in total. The zero-order valence-electron chi connectivity index (χ0n) is 20.6. The Balaban J connectivity index is 1.59. The Morgan fingerprint density at radius 2 is 1.71 bits per heavy atom. The molecule has 1 aliphatic heterocycles. The van der Waals surface area contributed by atoms with Crippen LogP contribution in [0.2, 0.25) is 5.02 Å². The molecule has 3 aromatic carbocycles. The highest BCUT2D eigenvalue weighted by Gasteiger charge is 2.37. The van der Waals surface area contributed by atoms with Crippen molar-refractivity contribution in [3.63, 3.8) is 0 Å². The van der Waals surface area contributed by atoms with Crippen LogP contribution in [-0.4, -0.2) is 31.6 Å². The fourth-order valence-electron chi connectivity index (χ4n) is 3.67. The normalized spacial score (nSPS) is 14.5. The lowest BCUT2D eigenvalue weighted by Crippen LogP contribution is -2.54. The number of nitrogens with zero attached hydrogens (tertiary/aromatic N) is 1. The molecule has 0 aromatic heterocycles. The lowest BCUT2D eigenvalue weighted by atomic mass is 10.1. The van der Waals surface area contributed by atoms with Gasteiger partial charge in [-0.15, -0.1) is 0 Å². The number of rotatable bonds is 9. The Bertz CT molecular complexity index is 1390. The number of hydrogen-bond donors (Lipinski definition) is 1. The number of benzene rings is 3. The number of urea groups is 1. The average molecular weight is 600 g/mol. The van der Waals surface area contributed by atoms with Gasteiger partial charge in [-0.05, 0) is 72.2 Å².